The van der Waals surface area contributed by atoms with E-state index in [-0.39, 0.29) is 23.8 Å². The van der Waals surface area contributed by atoms with Gasteiger partial charge in [-0.05, 0) is 42.2 Å². The van der Waals surface area contributed by atoms with Gasteiger partial charge in [0.1, 0.15) is 24.2 Å². The fraction of sp³-hybridized carbons (Fsp3) is 0.370. The SMILES string of the molecule is CC(C)CC(NC(=O)OCc1ccccc1)C(=O)N/C(=C\N1CCOCC1)C(=O)c1ccc(F)cc1. The first-order chi connectivity index (χ1) is 17.3. The number of halogens is 1. The molecule has 1 atom stereocenters. The number of hydrogen-bond acceptors (Lipinski definition) is 6. The summed E-state index contributed by atoms with van der Waals surface area (Å²) >= 11 is 0. The number of carbonyl (C=O) groups excluding carboxylic acids is 3. The van der Waals surface area contributed by atoms with E-state index in [0.717, 1.165) is 5.56 Å². The summed E-state index contributed by atoms with van der Waals surface area (Å²) < 4.78 is 24.0. The van der Waals surface area contributed by atoms with Gasteiger partial charge in [-0.1, -0.05) is 44.2 Å². The average molecular weight is 498 g/mol. The number of allylic oxidation sites excluding steroid dienone is 1. The molecular formula is C27H32FN3O5. The molecule has 1 unspecified atom stereocenters. The summed E-state index contributed by atoms with van der Waals surface area (Å²) in [7, 11) is 0. The molecule has 0 spiro atoms. The second kappa shape index (κ2) is 13.4. The number of benzene rings is 2. The van der Waals surface area contributed by atoms with E-state index >= 15 is 0 Å². The molecule has 1 aliphatic rings. The first kappa shape index (κ1) is 26.9. The summed E-state index contributed by atoms with van der Waals surface area (Å²) in [5.74, 6) is -1.40. The quantitative estimate of drug-likeness (QED) is 0.384. The van der Waals surface area contributed by atoms with Crippen molar-refractivity contribution in [2.75, 3.05) is 26.3 Å². The van der Waals surface area contributed by atoms with Crippen molar-refractivity contribution in [3.63, 3.8) is 0 Å². The highest BCUT2D eigenvalue weighted by molar-refractivity contribution is 6.10. The lowest BCUT2D eigenvalue weighted by Gasteiger charge is -2.27. The standard InChI is InChI=1S/C27H32FN3O5/c1-19(2)16-23(30-27(34)36-18-20-6-4-3-5-7-20)26(33)29-24(17-31-12-14-35-15-13-31)25(32)21-8-10-22(28)11-9-21/h3-11,17,19,23H,12-16,18H2,1-2H3,(H,29,33)(H,30,34)/b24-17-. The molecule has 1 heterocycles. The maximum absolute atomic E-state index is 13.4. The number of rotatable bonds is 10. The number of Topliss-reactive ketones (excluding diaryl/α,β-unsaturated/α-hetero) is 1. The van der Waals surface area contributed by atoms with Crippen molar-refractivity contribution in [3.8, 4) is 0 Å². The van der Waals surface area contributed by atoms with Crippen molar-refractivity contribution in [2.24, 2.45) is 5.92 Å². The Morgan fingerprint density at radius 3 is 2.36 bits per heavy atom. The Kier molecular flexibility index (Phi) is 10.00. The van der Waals surface area contributed by atoms with Gasteiger partial charge in [0.15, 0.2) is 0 Å². The number of nitrogens with zero attached hydrogens (tertiary/aromatic N) is 1. The summed E-state index contributed by atoms with van der Waals surface area (Å²) in [6, 6.07) is 13.4. The van der Waals surface area contributed by atoms with Crippen molar-refractivity contribution >= 4 is 17.8 Å². The summed E-state index contributed by atoms with van der Waals surface area (Å²) in [5, 5.41) is 5.31. The van der Waals surface area contributed by atoms with Crippen LogP contribution in [0.3, 0.4) is 0 Å². The van der Waals surface area contributed by atoms with Crippen LogP contribution < -0.4 is 10.6 Å². The number of nitrogens with one attached hydrogen (secondary N) is 2. The monoisotopic (exact) mass is 497 g/mol. The average Bonchev–Trinajstić information content (AvgIpc) is 2.87. The van der Waals surface area contributed by atoms with Gasteiger partial charge >= 0.3 is 6.09 Å². The van der Waals surface area contributed by atoms with E-state index in [1.165, 1.54) is 24.3 Å². The van der Waals surface area contributed by atoms with Gasteiger partial charge in [0.2, 0.25) is 11.7 Å². The molecule has 2 aromatic carbocycles. The lowest BCUT2D eigenvalue weighted by molar-refractivity contribution is -0.122. The Morgan fingerprint density at radius 1 is 1.06 bits per heavy atom. The molecule has 0 bridgehead atoms. The minimum Gasteiger partial charge on any atom is -0.445 e. The Labute approximate surface area is 210 Å². The molecule has 0 aliphatic carbocycles. The highest BCUT2D eigenvalue weighted by atomic mass is 19.1. The molecule has 2 amide bonds. The predicted octanol–water partition coefficient (Wildman–Crippen LogP) is 3.64. The van der Waals surface area contributed by atoms with E-state index in [2.05, 4.69) is 10.6 Å². The summed E-state index contributed by atoms with van der Waals surface area (Å²) in [6.07, 6.45) is 1.18. The van der Waals surface area contributed by atoms with Gasteiger partial charge in [-0.15, -0.1) is 0 Å². The molecular weight excluding hydrogens is 465 g/mol. The van der Waals surface area contributed by atoms with E-state index in [0.29, 0.717) is 32.7 Å². The van der Waals surface area contributed by atoms with Gasteiger partial charge in [-0.2, -0.15) is 0 Å². The van der Waals surface area contributed by atoms with Gasteiger partial charge in [-0.25, -0.2) is 9.18 Å². The molecule has 0 aromatic heterocycles. The molecule has 3 rings (SSSR count). The van der Waals surface area contributed by atoms with E-state index in [4.69, 9.17) is 9.47 Å². The van der Waals surface area contributed by atoms with Crippen molar-refractivity contribution in [3.05, 3.63) is 83.4 Å². The number of hydrogen-bond donors (Lipinski definition) is 2. The third-order valence-electron chi connectivity index (χ3n) is 5.49. The van der Waals surface area contributed by atoms with Crippen LogP contribution in [0.1, 0.15) is 36.2 Å². The summed E-state index contributed by atoms with van der Waals surface area (Å²) in [4.78, 5) is 40.8. The van der Waals surface area contributed by atoms with Gasteiger partial charge in [-0.3, -0.25) is 9.59 Å². The fourth-order valence-electron chi connectivity index (χ4n) is 3.62. The molecule has 0 saturated carbocycles. The maximum Gasteiger partial charge on any atom is 0.408 e. The molecule has 1 aliphatic heterocycles. The zero-order chi connectivity index (χ0) is 25.9. The molecule has 2 aromatic rings. The van der Waals surface area contributed by atoms with E-state index in [9.17, 15) is 18.8 Å². The van der Waals surface area contributed by atoms with Gasteiger partial charge in [0.05, 0.1) is 13.2 Å². The van der Waals surface area contributed by atoms with Gasteiger partial charge < -0.3 is 25.0 Å². The van der Waals surface area contributed by atoms with Gasteiger partial charge in [0.25, 0.3) is 0 Å². The fourth-order valence-corrected chi connectivity index (χ4v) is 3.62. The van der Waals surface area contributed by atoms with Crippen LogP contribution in [-0.4, -0.2) is 55.0 Å². The first-order valence-electron chi connectivity index (χ1n) is 11.9. The molecule has 192 valence electrons. The Bertz CT molecular complexity index is 1050. The Morgan fingerprint density at radius 2 is 1.72 bits per heavy atom. The smallest absolute Gasteiger partial charge is 0.408 e. The van der Waals surface area contributed by atoms with Crippen LogP contribution in [0.25, 0.3) is 0 Å². The summed E-state index contributed by atoms with van der Waals surface area (Å²) in [6.45, 7) is 6.00. The van der Waals surface area contributed by atoms with E-state index in [1.807, 2.05) is 49.1 Å². The normalized spacial score (nSPS) is 14.8. The highest BCUT2D eigenvalue weighted by Crippen LogP contribution is 2.13. The van der Waals surface area contributed by atoms with Crippen molar-refractivity contribution in [1.82, 2.24) is 15.5 Å². The number of alkyl carbamates (subject to hydrolysis) is 1. The van der Waals surface area contributed by atoms with Crippen LogP contribution in [0, 0.1) is 11.7 Å². The zero-order valence-corrected chi connectivity index (χ0v) is 20.5. The molecule has 36 heavy (non-hydrogen) atoms. The van der Waals surface area contributed by atoms with E-state index < -0.39 is 29.6 Å². The molecule has 1 fully saturated rings. The molecule has 1 saturated heterocycles. The van der Waals surface area contributed by atoms with Crippen molar-refractivity contribution < 1.29 is 28.2 Å². The van der Waals surface area contributed by atoms with Crippen LogP contribution >= 0.6 is 0 Å². The second-order valence-corrected chi connectivity index (χ2v) is 8.90. The highest BCUT2D eigenvalue weighted by Gasteiger charge is 2.26. The number of ketones is 1. The van der Waals surface area contributed by atoms with Crippen molar-refractivity contribution in [1.29, 1.82) is 0 Å². The Balaban J connectivity index is 1.74. The first-order valence-corrected chi connectivity index (χ1v) is 11.9. The van der Waals surface area contributed by atoms with E-state index in [1.54, 1.807) is 6.20 Å². The van der Waals surface area contributed by atoms with Crippen molar-refractivity contribution in [2.45, 2.75) is 32.9 Å². The lowest BCUT2D eigenvalue weighted by Crippen LogP contribution is -2.48. The minimum absolute atomic E-state index is 0.0294. The number of carbonyl (C=O) groups is 3. The zero-order valence-electron chi connectivity index (χ0n) is 20.5. The third-order valence-corrected chi connectivity index (χ3v) is 5.49. The lowest BCUT2D eigenvalue weighted by atomic mass is 10.0. The topological polar surface area (TPSA) is 97.0 Å². The van der Waals surface area contributed by atoms with Gasteiger partial charge in [0, 0.05) is 24.9 Å². The molecule has 0 radical (unpaired) electrons. The van der Waals surface area contributed by atoms with Crippen LogP contribution in [0.2, 0.25) is 0 Å². The van der Waals surface area contributed by atoms with Crippen LogP contribution in [0.5, 0.6) is 0 Å². The number of amides is 2. The second-order valence-electron chi connectivity index (χ2n) is 8.90. The summed E-state index contributed by atoms with van der Waals surface area (Å²) in [5.41, 5.74) is 1.08. The third kappa shape index (κ3) is 8.49. The molecule has 8 nitrogen and oxygen atoms in total. The molecule has 9 heteroatoms. The minimum atomic E-state index is -0.928. The number of morpholine rings is 1. The van der Waals surface area contributed by atoms with Crippen LogP contribution in [0.15, 0.2) is 66.5 Å². The number of ether oxygens (including phenoxy) is 2. The van der Waals surface area contributed by atoms with Crippen LogP contribution in [0.4, 0.5) is 9.18 Å². The maximum atomic E-state index is 13.4. The molecule has 2 N–H and O–H groups in total. The van der Waals surface area contributed by atoms with Crippen LogP contribution in [-0.2, 0) is 20.9 Å². The Hall–Kier alpha value is -3.72. The largest absolute Gasteiger partial charge is 0.445 e. The predicted molar refractivity (Wildman–Crippen MR) is 132 cm³/mol.